The molecule has 0 spiro atoms. The first-order valence-corrected chi connectivity index (χ1v) is 7.23. The van der Waals surface area contributed by atoms with Crippen LogP contribution in [0.2, 0.25) is 0 Å². The molecule has 2 rings (SSSR count). The normalized spacial score (nSPS) is 16.4. The molecule has 0 bridgehead atoms. The highest BCUT2D eigenvalue weighted by Gasteiger charge is 2.42. The van der Waals surface area contributed by atoms with E-state index in [0.717, 1.165) is 36.3 Å². The lowest BCUT2D eigenvalue weighted by Crippen LogP contribution is -2.19. The molecule has 1 N–H and O–H groups in total. The lowest BCUT2D eigenvalue weighted by Gasteiger charge is -2.15. The molecule has 0 saturated heterocycles. The largest absolute Gasteiger partial charge is 0.326 e. The van der Waals surface area contributed by atoms with Crippen LogP contribution in [0.3, 0.4) is 0 Å². The molecule has 1 aromatic rings. The summed E-state index contributed by atoms with van der Waals surface area (Å²) < 4.78 is 0. The number of hydrogen-bond acceptors (Lipinski definition) is 2. The molecule has 98 valence electrons. The van der Waals surface area contributed by atoms with Crippen LogP contribution in [-0.4, -0.2) is 11.7 Å². The van der Waals surface area contributed by atoms with Crippen molar-refractivity contribution in [1.29, 1.82) is 0 Å². The minimum absolute atomic E-state index is 0.130. The van der Waals surface area contributed by atoms with E-state index in [-0.39, 0.29) is 11.3 Å². The van der Waals surface area contributed by atoms with E-state index < -0.39 is 0 Å². The van der Waals surface area contributed by atoms with E-state index in [2.05, 4.69) is 30.9 Å². The second-order valence-corrected chi connectivity index (χ2v) is 5.66. The van der Waals surface area contributed by atoms with E-state index in [1.807, 2.05) is 19.1 Å². The van der Waals surface area contributed by atoms with Crippen LogP contribution in [0.25, 0.3) is 0 Å². The number of nitrogens with one attached hydrogen (secondary N) is 1. The van der Waals surface area contributed by atoms with Gasteiger partial charge in [-0.3, -0.25) is 4.79 Å². The van der Waals surface area contributed by atoms with Gasteiger partial charge in [-0.1, -0.05) is 25.1 Å². The van der Waals surface area contributed by atoms with Crippen molar-refractivity contribution in [3.05, 3.63) is 29.3 Å². The van der Waals surface area contributed by atoms with Gasteiger partial charge in [-0.25, -0.2) is 0 Å². The van der Waals surface area contributed by atoms with Crippen molar-refractivity contribution in [1.82, 2.24) is 0 Å². The van der Waals surface area contributed by atoms with Crippen molar-refractivity contribution in [3.63, 3.8) is 0 Å². The lowest BCUT2D eigenvalue weighted by atomic mass is 10.0. The van der Waals surface area contributed by atoms with E-state index in [1.165, 1.54) is 5.56 Å². The molecule has 1 aliphatic rings. The average Bonchev–Trinajstić information content (AvgIpc) is 3.12. The first-order chi connectivity index (χ1) is 8.60. The first-order valence-electron chi connectivity index (χ1n) is 6.59. The molecule has 2 nitrogen and oxygen atoms in total. The summed E-state index contributed by atoms with van der Waals surface area (Å²) in [4.78, 5) is 12.1. The third-order valence-corrected chi connectivity index (χ3v) is 4.50. The van der Waals surface area contributed by atoms with Crippen LogP contribution in [0.5, 0.6) is 0 Å². The molecule has 1 fully saturated rings. The quantitative estimate of drug-likeness (QED) is 0.781. The molecular formula is C15H21NOS. The number of para-hydroxylation sites is 1. The van der Waals surface area contributed by atoms with E-state index in [0.29, 0.717) is 6.42 Å². The summed E-state index contributed by atoms with van der Waals surface area (Å²) in [5, 5.41) is 3.09. The fraction of sp³-hybridized carbons (Fsp3) is 0.533. The third kappa shape index (κ3) is 2.89. The molecule has 18 heavy (non-hydrogen) atoms. The molecule has 0 aliphatic heterocycles. The SMILES string of the molecule is CCc1cccc(C)c1NC(=O)CC1(CS)CC1. The number of thiol groups is 1. The fourth-order valence-electron chi connectivity index (χ4n) is 2.29. The number of carbonyl (C=O) groups is 1. The highest BCUT2D eigenvalue weighted by Crippen LogP contribution is 2.49. The Balaban J connectivity index is 2.07. The van der Waals surface area contributed by atoms with Crippen LogP contribution in [-0.2, 0) is 11.2 Å². The topological polar surface area (TPSA) is 29.1 Å². The van der Waals surface area contributed by atoms with E-state index in [4.69, 9.17) is 0 Å². The Morgan fingerprint density at radius 2 is 2.17 bits per heavy atom. The third-order valence-electron chi connectivity index (χ3n) is 3.83. The number of benzene rings is 1. The molecule has 1 aromatic carbocycles. The smallest absolute Gasteiger partial charge is 0.224 e. The van der Waals surface area contributed by atoms with Gasteiger partial charge in [0.2, 0.25) is 5.91 Å². The molecule has 1 saturated carbocycles. The van der Waals surface area contributed by atoms with Gasteiger partial charge in [0.25, 0.3) is 0 Å². The minimum atomic E-state index is 0.130. The second-order valence-electron chi connectivity index (χ2n) is 5.35. The summed E-state index contributed by atoms with van der Waals surface area (Å²) in [7, 11) is 0. The van der Waals surface area contributed by atoms with E-state index in [9.17, 15) is 4.79 Å². The Hall–Kier alpha value is -0.960. The summed E-state index contributed by atoms with van der Waals surface area (Å²) in [6.07, 6.45) is 3.82. The molecule has 0 aromatic heterocycles. The van der Waals surface area contributed by atoms with Gasteiger partial charge in [0.05, 0.1) is 0 Å². The van der Waals surface area contributed by atoms with Crippen molar-refractivity contribution in [3.8, 4) is 0 Å². The number of carbonyl (C=O) groups excluding carboxylic acids is 1. The van der Waals surface area contributed by atoms with Crippen LogP contribution in [0.15, 0.2) is 18.2 Å². The van der Waals surface area contributed by atoms with Gasteiger partial charge in [0.15, 0.2) is 0 Å². The predicted molar refractivity (Wildman–Crippen MR) is 79.3 cm³/mol. The molecule has 1 amide bonds. The van der Waals surface area contributed by atoms with Crippen molar-refractivity contribution in [2.24, 2.45) is 5.41 Å². The minimum Gasteiger partial charge on any atom is -0.326 e. The Kier molecular flexibility index (Phi) is 4.00. The van der Waals surface area contributed by atoms with Crippen LogP contribution in [0.4, 0.5) is 5.69 Å². The van der Waals surface area contributed by atoms with Crippen LogP contribution < -0.4 is 5.32 Å². The predicted octanol–water partition coefficient (Wildman–Crippen LogP) is 3.60. The average molecular weight is 263 g/mol. The number of hydrogen-bond donors (Lipinski definition) is 2. The Labute approximate surface area is 115 Å². The summed E-state index contributed by atoms with van der Waals surface area (Å²) in [6.45, 7) is 4.15. The summed E-state index contributed by atoms with van der Waals surface area (Å²) in [5.41, 5.74) is 3.53. The molecule has 3 heteroatoms. The van der Waals surface area contributed by atoms with E-state index in [1.54, 1.807) is 0 Å². The van der Waals surface area contributed by atoms with Gasteiger partial charge in [-0.2, -0.15) is 12.6 Å². The monoisotopic (exact) mass is 263 g/mol. The summed E-state index contributed by atoms with van der Waals surface area (Å²) in [6, 6.07) is 6.16. The highest BCUT2D eigenvalue weighted by molar-refractivity contribution is 7.80. The van der Waals surface area contributed by atoms with Gasteiger partial charge in [0.1, 0.15) is 0 Å². The maximum absolute atomic E-state index is 12.1. The van der Waals surface area contributed by atoms with Crippen LogP contribution >= 0.6 is 12.6 Å². The maximum Gasteiger partial charge on any atom is 0.224 e. The highest BCUT2D eigenvalue weighted by atomic mass is 32.1. The standard InChI is InChI=1S/C15H21NOS/c1-3-12-6-4-5-11(2)14(12)16-13(17)9-15(10-18)7-8-15/h4-6,18H,3,7-10H2,1-2H3,(H,16,17). The number of anilines is 1. The maximum atomic E-state index is 12.1. The summed E-state index contributed by atoms with van der Waals surface area (Å²) in [5.74, 6) is 0.944. The zero-order valence-electron chi connectivity index (χ0n) is 11.1. The van der Waals surface area contributed by atoms with Gasteiger partial charge in [0, 0.05) is 12.1 Å². The van der Waals surface area contributed by atoms with Gasteiger partial charge >= 0.3 is 0 Å². The van der Waals surface area contributed by atoms with Crippen molar-refractivity contribution >= 4 is 24.2 Å². The fourth-order valence-corrected chi connectivity index (χ4v) is 2.72. The van der Waals surface area contributed by atoms with Crippen LogP contribution in [0.1, 0.15) is 37.3 Å². The zero-order chi connectivity index (χ0) is 13.2. The molecule has 0 unspecified atom stereocenters. The second kappa shape index (κ2) is 5.35. The van der Waals surface area contributed by atoms with Crippen molar-refractivity contribution < 1.29 is 4.79 Å². The Bertz CT molecular complexity index is 452. The van der Waals surface area contributed by atoms with Gasteiger partial charge in [-0.15, -0.1) is 0 Å². The van der Waals surface area contributed by atoms with E-state index >= 15 is 0 Å². The van der Waals surface area contributed by atoms with Crippen molar-refractivity contribution in [2.75, 3.05) is 11.1 Å². The lowest BCUT2D eigenvalue weighted by molar-refractivity contribution is -0.117. The number of amides is 1. The number of rotatable bonds is 5. The molecule has 1 aliphatic carbocycles. The van der Waals surface area contributed by atoms with Gasteiger partial charge in [-0.05, 0) is 48.5 Å². The molecule has 0 heterocycles. The summed E-state index contributed by atoms with van der Waals surface area (Å²) >= 11 is 4.34. The number of aryl methyl sites for hydroxylation is 2. The van der Waals surface area contributed by atoms with Crippen molar-refractivity contribution in [2.45, 2.75) is 39.5 Å². The Morgan fingerprint density at radius 1 is 1.44 bits per heavy atom. The molecular weight excluding hydrogens is 242 g/mol. The van der Waals surface area contributed by atoms with Gasteiger partial charge < -0.3 is 5.32 Å². The molecule has 0 radical (unpaired) electrons. The first kappa shape index (κ1) is 13.5. The Morgan fingerprint density at radius 3 is 2.72 bits per heavy atom. The molecule has 0 atom stereocenters. The zero-order valence-corrected chi connectivity index (χ0v) is 12.0. The van der Waals surface area contributed by atoms with Crippen LogP contribution in [0, 0.1) is 12.3 Å².